The maximum absolute atomic E-state index is 12.9. The summed E-state index contributed by atoms with van der Waals surface area (Å²) in [6.45, 7) is 9.73. The normalized spacial score (nSPS) is 13.2. The zero-order valence-electron chi connectivity index (χ0n) is 16.6. The molecule has 4 rings (SSSR count). The van der Waals surface area contributed by atoms with E-state index in [4.69, 9.17) is 16.1 Å². The van der Waals surface area contributed by atoms with Gasteiger partial charge in [0.25, 0.3) is 11.8 Å². The Kier molecular flexibility index (Phi) is 5.52. The first-order chi connectivity index (χ1) is 14.5. The van der Waals surface area contributed by atoms with Crippen LogP contribution in [-0.2, 0) is 13.1 Å². The third-order valence-electron chi connectivity index (χ3n) is 4.88. The first kappa shape index (κ1) is 20.1. The predicted molar refractivity (Wildman–Crippen MR) is 113 cm³/mol. The van der Waals surface area contributed by atoms with E-state index in [0.717, 1.165) is 5.69 Å². The summed E-state index contributed by atoms with van der Waals surface area (Å²) < 4.78 is 7.35. The molecule has 0 fully saturated rings. The van der Waals surface area contributed by atoms with Crippen molar-refractivity contribution in [2.75, 3.05) is 20.1 Å². The molecule has 0 spiro atoms. The minimum absolute atomic E-state index is 0.152. The molecule has 1 aliphatic heterocycles. The first-order valence-electron chi connectivity index (χ1n) is 9.41. The monoisotopic (exact) mass is 424 g/mol. The zero-order chi connectivity index (χ0) is 21.3. The van der Waals surface area contributed by atoms with Crippen molar-refractivity contribution in [2.24, 2.45) is 0 Å². The molecule has 30 heavy (non-hydrogen) atoms. The molecule has 154 valence electrons. The second-order valence-corrected chi connectivity index (χ2v) is 7.40. The lowest BCUT2D eigenvalue weighted by Gasteiger charge is -2.15. The van der Waals surface area contributed by atoms with E-state index in [0.29, 0.717) is 59.9 Å². The van der Waals surface area contributed by atoms with Crippen LogP contribution in [0.2, 0.25) is 5.02 Å². The van der Waals surface area contributed by atoms with Gasteiger partial charge in [0, 0.05) is 20.1 Å². The minimum Gasteiger partial charge on any atom is -0.336 e. The van der Waals surface area contributed by atoms with Gasteiger partial charge in [-0.1, -0.05) is 35.0 Å². The number of halogens is 1. The van der Waals surface area contributed by atoms with Gasteiger partial charge in [-0.05, 0) is 12.1 Å². The molecule has 0 atom stereocenters. The van der Waals surface area contributed by atoms with Crippen LogP contribution in [0, 0.1) is 0 Å². The highest BCUT2D eigenvalue weighted by Crippen LogP contribution is 2.32. The van der Waals surface area contributed by atoms with Crippen LogP contribution in [0.25, 0.3) is 17.3 Å². The van der Waals surface area contributed by atoms with Crippen LogP contribution >= 0.6 is 11.6 Å². The molecule has 8 nitrogen and oxygen atoms in total. The van der Waals surface area contributed by atoms with E-state index in [1.54, 1.807) is 24.3 Å². The molecule has 0 saturated heterocycles. The largest absolute Gasteiger partial charge is 0.336 e. The minimum atomic E-state index is -0.152. The van der Waals surface area contributed by atoms with Crippen molar-refractivity contribution < 1.29 is 9.32 Å². The van der Waals surface area contributed by atoms with Gasteiger partial charge in [0.2, 0.25) is 0 Å². The van der Waals surface area contributed by atoms with Gasteiger partial charge in [-0.2, -0.15) is 4.98 Å². The van der Waals surface area contributed by atoms with E-state index in [1.165, 1.54) is 0 Å². The van der Waals surface area contributed by atoms with Crippen molar-refractivity contribution in [3.05, 3.63) is 71.9 Å². The van der Waals surface area contributed by atoms with E-state index in [-0.39, 0.29) is 5.91 Å². The van der Waals surface area contributed by atoms with Crippen LogP contribution in [0.4, 0.5) is 0 Å². The molecule has 1 aliphatic rings. The lowest BCUT2D eigenvalue weighted by atomic mass is 10.1. The van der Waals surface area contributed by atoms with Crippen LogP contribution in [0.15, 0.2) is 54.4 Å². The summed E-state index contributed by atoms with van der Waals surface area (Å²) in [5, 5.41) is 4.49. The lowest BCUT2D eigenvalue weighted by molar-refractivity contribution is 0.0788. The van der Waals surface area contributed by atoms with Gasteiger partial charge >= 0.3 is 0 Å². The molecule has 0 unspecified atom stereocenters. The fraction of sp³-hybridized carbons (Fsp3) is 0.238. The number of amides is 1. The van der Waals surface area contributed by atoms with E-state index in [9.17, 15) is 4.79 Å². The fourth-order valence-corrected chi connectivity index (χ4v) is 3.76. The Morgan fingerprint density at radius 3 is 2.80 bits per heavy atom. The molecular formula is C21H21ClN6O2. The summed E-state index contributed by atoms with van der Waals surface area (Å²) in [6.07, 6.45) is 5.28. The number of carbonyl (C=O) groups excluding carboxylic acids is 1. The zero-order valence-corrected chi connectivity index (χ0v) is 17.3. The topological polar surface area (TPSA) is 80.3 Å². The molecule has 0 aliphatic carbocycles. The van der Waals surface area contributed by atoms with Crippen molar-refractivity contribution in [3.8, 4) is 17.3 Å². The SMILES string of the molecule is C=CCN(CC=C)Cc1noc(-c2ncn3c2CN(C)C(=O)c2c(Cl)cccc2-3)n1. The second kappa shape index (κ2) is 8.25. The van der Waals surface area contributed by atoms with Gasteiger partial charge in [-0.15, -0.1) is 13.2 Å². The molecule has 0 bridgehead atoms. The number of nitrogens with zero attached hydrogens (tertiary/aromatic N) is 6. The third kappa shape index (κ3) is 3.55. The summed E-state index contributed by atoms with van der Waals surface area (Å²) >= 11 is 6.33. The number of imidazole rings is 1. The van der Waals surface area contributed by atoms with E-state index in [1.807, 2.05) is 28.9 Å². The molecule has 0 radical (unpaired) electrons. The quantitative estimate of drug-likeness (QED) is 0.541. The third-order valence-corrected chi connectivity index (χ3v) is 5.19. The lowest BCUT2D eigenvalue weighted by Crippen LogP contribution is -2.25. The average molecular weight is 425 g/mol. The predicted octanol–water partition coefficient (Wildman–Crippen LogP) is 3.34. The number of hydrogen-bond acceptors (Lipinski definition) is 6. The summed E-state index contributed by atoms with van der Waals surface area (Å²) in [6, 6.07) is 5.36. The standard InChI is InChI=1S/C21H21ClN6O2/c1-4-9-27(10-5-2)12-17-24-20(30-25-17)19-16-11-26(3)21(29)18-14(22)7-6-8-15(18)28(16)13-23-19/h4-8,13H,1-2,9-12H2,3H3. The number of benzene rings is 1. The fourth-order valence-electron chi connectivity index (χ4n) is 3.51. The van der Waals surface area contributed by atoms with Crippen molar-refractivity contribution in [3.63, 3.8) is 0 Å². The molecule has 1 amide bonds. The Bertz CT molecular complexity index is 1110. The number of fused-ring (bicyclic) bond motifs is 3. The van der Waals surface area contributed by atoms with Gasteiger partial charge in [0.15, 0.2) is 11.5 Å². The van der Waals surface area contributed by atoms with Gasteiger partial charge in [-0.25, -0.2) is 4.98 Å². The molecule has 0 saturated carbocycles. The van der Waals surface area contributed by atoms with Crippen molar-refractivity contribution >= 4 is 17.5 Å². The Morgan fingerprint density at radius 2 is 2.07 bits per heavy atom. The highest BCUT2D eigenvalue weighted by molar-refractivity contribution is 6.34. The average Bonchev–Trinajstić information content (AvgIpc) is 3.32. The Morgan fingerprint density at radius 1 is 1.30 bits per heavy atom. The summed E-state index contributed by atoms with van der Waals surface area (Å²) in [5.74, 6) is 0.695. The summed E-state index contributed by atoms with van der Waals surface area (Å²) in [5.41, 5.74) is 2.44. The summed E-state index contributed by atoms with van der Waals surface area (Å²) in [4.78, 5) is 25.6. The molecule has 9 heteroatoms. The van der Waals surface area contributed by atoms with Crippen molar-refractivity contribution in [1.29, 1.82) is 0 Å². The van der Waals surface area contributed by atoms with E-state index in [2.05, 4.69) is 33.2 Å². The Hall–Kier alpha value is -3.23. The van der Waals surface area contributed by atoms with Crippen LogP contribution in [-0.4, -0.2) is 55.5 Å². The molecule has 1 aromatic carbocycles. The first-order valence-corrected chi connectivity index (χ1v) is 9.79. The summed E-state index contributed by atoms with van der Waals surface area (Å²) in [7, 11) is 1.73. The highest BCUT2D eigenvalue weighted by Gasteiger charge is 2.30. The molecular weight excluding hydrogens is 404 g/mol. The van der Waals surface area contributed by atoms with Gasteiger partial charge in [0.05, 0.1) is 35.1 Å². The number of hydrogen-bond donors (Lipinski definition) is 0. The van der Waals surface area contributed by atoms with Gasteiger partial charge in [-0.3, -0.25) is 14.3 Å². The van der Waals surface area contributed by atoms with Gasteiger partial charge in [0.1, 0.15) is 6.33 Å². The Labute approximate surface area is 179 Å². The van der Waals surface area contributed by atoms with Crippen LogP contribution < -0.4 is 0 Å². The molecule has 0 N–H and O–H groups in total. The van der Waals surface area contributed by atoms with Crippen LogP contribution in [0.1, 0.15) is 21.9 Å². The van der Waals surface area contributed by atoms with E-state index >= 15 is 0 Å². The van der Waals surface area contributed by atoms with Crippen LogP contribution in [0.3, 0.4) is 0 Å². The smallest absolute Gasteiger partial charge is 0.278 e. The van der Waals surface area contributed by atoms with Crippen LogP contribution in [0.5, 0.6) is 0 Å². The maximum Gasteiger partial charge on any atom is 0.278 e. The molecule has 3 heterocycles. The van der Waals surface area contributed by atoms with Crippen molar-refractivity contribution in [1.82, 2.24) is 29.5 Å². The molecule has 3 aromatic rings. The number of carbonyl (C=O) groups is 1. The maximum atomic E-state index is 12.9. The number of aromatic nitrogens is 4. The number of rotatable bonds is 7. The second-order valence-electron chi connectivity index (χ2n) is 6.99. The van der Waals surface area contributed by atoms with Gasteiger partial charge < -0.3 is 9.42 Å². The van der Waals surface area contributed by atoms with E-state index < -0.39 is 0 Å². The molecule has 2 aromatic heterocycles. The highest BCUT2D eigenvalue weighted by atomic mass is 35.5. The Balaban J connectivity index is 1.71. The van der Waals surface area contributed by atoms with Crippen molar-refractivity contribution in [2.45, 2.75) is 13.1 Å².